The summed E-state index contributed by atoms with van der Waals surface area (Å²) in [7, 11) is 5.18. The molecule has 1 heterocycles. The van der Waals surface area contributed by atoms with Gasteiger partial charge >= 0.3 is 0 Å². The third-order valence-electron chi connectivity index (χ3n) is 4.08. The second-order valence-electron chi connectivity index (χ2n) is 7.78. The lowest BCUT2D eigenvalue weighted by atomic mass is 10.1. The largest absolute Gasteiger partial charge is 0.493 e. The summed E-state index contributed by atoms with van der Waals surface area (Å²) >= 11 is 7.45. The fourth-order valence-corrected chi connectivity index (χ4v) is 3.56. The van der Waals surface area contributed by atoms with Gasteiger partial charge in [-0.05, 0) is 44.9 Å². The number of anilines is 1. The number of carbonyl (C=O) groups is 1. The van der Waals surface area contributed by atoms with Crippen molar-refractivity contribution >= 4 is 35.1 Å². The Balaban J connectivity index is 2.00. The Morgan fingerprint density at radius 1 is 1.17 bits per heavy atom. The standard InChI is InChI=1S/C21H29ClN4O3S/c1-21(2,3)25-19(27)13-30-20-23-17(22)12-18(24-20)26(4)10-9-14-7-8-15(28-5)16(11-14)29-6/h7-8,11-12H,9-10,13H2,1-6H3,(H,25,27). The molecule has 0 radical (unpaired) electrons. The van der Waals surface area contributed by atoms with E-state index in [1.807, 2.05) is 50.9 Å². The number of methoxy groups -OCH3 is 2. The lowest BCUT2D eigenvalue weighted by Gasteiger charge is -2.20. The first kappa shape index (κ1) is 24.1. The fourth-order valence-electron chi connectivity index (χ4n) is 2.68. The van der Waals surface area contributed by atoms with E-state index < -0.39 is 0 Å². The summed E-state index contributed by atoms with van der Waals surface area (Å²) in [5, 5.41) is 3.74. The molecule has 0 unspecified atom stereocenters. The van der Waals surface area contributed by atoms with Gasteiger partial charge in [0.1, 0.15) is 11.0 Å². The van der Waals surface area contributed by atoms with Gasteiger partial charge in [-0.2, -0.15) is 0 Å². The minimum absolute atomic E-state index is 0.0700. The maximum atomic E-state index is 12.0. The van der Waals surface area contributed by atoms with E-state index in [2.05, 4.69) is 15.3 Å². The number of nitrogens with zero attached hydrogens (tertiary/aromatic N) is 3. The van der Waals surface area contributed by atoms with Crippen molar-refractivity contribution < 1.29 is 14.3 Å². The molecule has 0 spiro atoms. The van der Waals surface area contributed by atoms with Gasteiger partial charge in [0.25, 0.3) is 0 Å². The highest BCUT2D eigenvalue weighted by atomic mass is 35.5. The zero-order valence-corrected chi connectivity index (χ0v) is 19.9. The Labute approximate surface area is 187 Å². The number of carbonyl (C=O) groups excluding carboxylic acids is 1. The van der Waals surface area contributed by atoms with Crippen molar-refractivity contribution in [1.29, 1.82) is 0 Å². The van der Waals surface area contributed by atoms with Crippen molar-refractivity contribution in [3.63, 3.8) is 0 Å². The Kier molecular flexibility index (Phi) is 8.61. The van der Waals surface area contributed by atoms with Gasteiger partial charge in [0, 0.05) is 25.2 Å². The number of thioether (sulfide) groups is 1. The second-order valence-corrected chi connectivity index (χ2v) is 9.11. The first-order valence-electron chi connectivity index (χ1n) is 9.51. The SMILES string of the molecule is COc1ccc(CCN(C)c2cc(Cl)nc(SCC(=O)NC(C)(C)C)n2)cc1OC. The second kappa shape index (κ2) is 10.7. The topological polar surface area (TPSA) is 76.6 Å². The average molecular weight is 453 g/mol. The van der Waals surface area contributed by atoms with Gasteiger partial charge in [-0.1, -0.05) is 29.4 Å². The first-order chi connectivity index (χ1) is 14.1. The summed E-state index contributed by atoms with van der Waals surface area (Å²) in [6.45, 7) is 6.54. The van der Waals surface area contributed by atoms with Crippen LogP contribution in [0.1, 0.15) is 26.3 Å². The molecule has 0 aliphatic heterocycles. The third-order valence-corrected chi connectivity index (χ3v) is 5.12. The van der Waals surface area contributed by atoms with Gasteiger partial charge < -0.3 is 19.7 Å². The highest BCUT2D eigenvalue weighted by Crippen LogP contribution is 2.28. The predicted molar refractivity (Wildman–Crippen MR) is 122 cm³/mol. The molecule has 0 saturated carbocycles. The van der Waals surface area contributed by atoms with Gasteiger partial charge in [-0.3, -0.25) is 4.79 Å². The number of likely N-dealkylation sites (N-methyl/N-ethyl adjacent to an activating group) is 1. The van der Waals surface area contributed by atoms with Gasteiger partial charge in [-0.15, -0.1) is 0 Å². The maximum Gasteiger partial charge on any atom is 0.230 e. The van der Waals surface area contributed by atoms with Crippen molar-refractivity contribution in [1.82, 2.24) is 15.3 Å². The Bertz CT molecular complexity index is 874. The van der Waals surface area contributed by atoms with Crippen LogP contribution < -0.4 is 19.7 Å². The van der Waals surface area contributed by atoms with E-state index in [1.165, 1.54) is 11.8 Å². The molecule has 0 aliphatic carbocycles. The molecule has 0 bridgehead atoms. The van der Waals surface area contributed by atoms with Crippen LogP contribution in [-0.4, -0.2) is 55.0 Å². The molecular formula is C21H29ClN4O3S. The number of amides is 1. The number of benzene rings is 1. The van der Waals surface area contributed by atoms with Crippen LogP contribution in [0.25, 0.3) is 0 Å². The number of hydrogen-bond acceptors (Lipinski definition) is 7. The van der Waals surface area contributed by atoms with E-state index in [4.69, 9.17) is 21.1 Å². The van der Waals surface area contributed by atoms with E-state index in [1.54, 1.807) is 20.3 Å². The summed E-state index contributed by atoms with van der Waals surface area (Å²) in [5.41, 5.74) is 0.843. The van der Waals surface area contributed by atoms with Crippen LogP contribution in [-0.2, 0) is 11.2 Å². The normalized spacial score (nSPS) is 11.2. The van der Waals surface area contributed by atoms with Crippen LogP contribution in [0.2, 0.25) is 5.15 Å². The molecule has 164 valence electrons. The van der Waals surface area contributed by atoms with Crippen LogP contribution >= 0.6 is 23.4 Å². The molecule has 1 amide bonds. The average Bonchev–Trinajstić information content (AvgIpc) is 2.68. The molecule has 0 fully saturated rings. The number of halogens is 1. The van der Waals surface area contributed by atoms with Crippen LogP contribution in [0, 0.1) is 0 Å². The highest BCUT2D eigenvalue weighted by Gasteiger charge is 2.15. The van der Waals surface area contributed by atoms with Gasteiger partial charge in [0.2, 0.25) is 5.91 Å². The number of aromatic nitrogens is 2. The summed E-state index contributed by atoms with van der Waals surface area (Å²) in [4.78, 5) is 22.8. The monoisotopic (exact) mass is 452 g/mol. The lowest BCUT2D eigenvalue weighted by Crippen LogP contribution is -2.41. The number of rotatable bonds is 9. The van der Waals surface area contributed by atoms with Crippen molar-refractivity contribution in [2.75, 3.05) is 38.5 Å². The van der Waals surface area contributed by atoms with Crippen LogP contribution in [0.3, 0.4) is 0 Å². The van der Waals surface area contributed by atoms with Crippen LogP contribution in [0.4, 0.5) is 5.82 Å². The zero-order chi connectivity index (χ0) is 22.3. The van der Waals surface area contributed by atoms with E-state index in [9.17, 15) is 4.79 Å². The van der Waals surface area contributed by atoms with E-state index in [-0.39, 0.29) is 17.2 Å². The maximum absolute atomic E-state index is 12.0. The van der Waals surface area contributed by atoms with Crippen molar-refractivity contribution in [3.8, 4) is 11.5 Å². The molecule has 2 rings (SSSR count). The van der Waals surface area contributed by atoms with Crippen LogP contribution in [0.5, 0.6) is 11.5 Å². The molecule has 30 heavy (non-hydrogen) atoms. The van der Waals surface area contributed by atoms with Crippen molar-refractivity contribution in [2.24, 2.45) is 0 Å². The van der Waals surface area contributed by atoms with Crippen molar-refractivity contribution in [3.05, 3.63) is 35.0 Å². The number of ether oxygens (including phenoxy) is 2. The minimum atomic E-state index is -0.275. The summed E-state index contributed by atoms with van der Waals surface area (Å²) in [6, 6.07) is 7.59. The van der Waals surface area contributed by atoms with Gasteiger partial charge in [0.05, 0.1) is 20.0 Å². The Hall–Kier alpha value is -2.19. The third kappa shape index (κ3) is 7.57. The van der Waals surface area contributed by atoms with E-state index in [0.29, 0.717) is 27.6 Å². The summed E-state index contributed by atoms with van der Waals surface area (Å²) in [6.07, 6.45) is 0.787. The molecule has 0 atom stereocenters. The Morgan fingerprint density at radius 3 is 2.50 bits per heavy atom. The minimum Gasteiger partial charge on any atom is -0.493 e. The quantitative estimate of drug-likeness (QED) is 0.352. The number of nitrogens with one attached hydrogen (secondary N) is 1. The van der Waals surface area contributed by atoms with E-state index in [0.717, 1.165) is 18.5 Å². The molecule has 1 N–H and O–H groups in total. The number of hydrogen-bond donors (Lipinski definition) is 1. The highest BCUT2D eigenvalue weighted by molar-refractivity contribution is 7.99. The van der Waals surface area contributed by atoms with E-state index >= 15 is 0 Å². The molecule has 1 aromatic heterocycles. The zero-order valence-electron chi connectivity index (χ0n) is 18.3. The predicted octanol–water partition coefficient (Wildman–Crippen LogP) is 3.83. The molecule has 2 aromatic rings. The van der Waals surface area contributed by atoms with Gasteiger partial charge in [-0.25, -0.2) is 9.97 Å². The molecule has 9 heteroatoms. The first-order valence-corrected chi connectivity index (χ1v) is 10.9. The molecular weight excluding hydrogens is 424 g/mol. The smallest absolute Gasteiger partial charge is 0.230 e. The summed E-state index contributed by atoms with van der Waals surface area (Å²) < 4.78 is 10.6. The molecule has 1 aromatic carbocycles. The fraction of sp³-hybridized carbons (Fsp3) is 0.476. The molecule has 0 aliphatic rings. The van der Waals surface area contributed by atoms with Crippen molar-refractivity contribution in [2.45, 2.75) is 37.9 Å². The van der Waals surface area contributed by atoms with Gasteiger partial charge in [0.15, 0.2) is 16.7 Å². The lowest BCUT2D eigenvalue weighted by molar-refractivity contribution is -0.119. The molecule has 7 nitrogen and oxygen atoms in total. The van der Waals surface area contributed by atoms with Crippen LogP contribution in [0.15, 0.2) is 29.4 Å². The molecule has 0 saturated heterocycles. The summed E-state index contributed by atoms with van der Waals surface area (Å²) in [5.74, 6) is 2.27. The Morgan fingerprint density at radius 2 is 1.87 bits per heavy atom.